The van der Waals surface area contributed by atoms with Crippen LogP contribution in [-0.2, 0) is 6.54 Å². The molecule has 1 rings (SSSR count). The van der Waals surface area contributed by atoms with Crippen molar-refractivity contribution in [3.8, 4) is 0 Å². The molecule has 2 unspecified atom stereocenters. The molecule has 1 heterocycles. The number of aryl methyl sites for hydroxylation is 1. The lowest BCUT2D eigenvalue weighted by Gasteiger charge is -2.15. The van der Waals surface area contributed by atoms with Gasteiger partial charge in [0.15, 0.2) is 0 Å². The van der Waals surface area contributed by atoms with Gasteiger partial charge in [0.25, 0.3) is 0 Å². The lowest BCUT2D eigenvalue weighted by Crippen LogP contribution is -2.29. The van der Waals surface area contributed by atoms with Crippen molar-refractivity contribution >= 4 is 0 Å². The van der Waals surface area contributed by atoms with Gasteiger partial charge in [0.2, 0.25) is 0 Å². The maximum Gasteiger partial charge on any atom is 0.0526 e. The van der Waals surface area contributed by atoms with E-state index in [-0.39, 0.29) is 6.10 Å². The molecule has 3 nitrogen and oxygen atoms in total. The lowest BCUT2D eigenvalue weighted by molar-refractivity contribution is 0.170. The smallest absolute Gasteiger partial charge is 0.0526 e. The fourth-order valence-corrected chi connectivity index (χ4v) is 1.56. The lowest BCUT2D eigenvalue weighted by atomic mass is 10.1. The average molecular weight is 208 g/mol. The topological polar surface area (TPSA) is 45.2 Å². The first-order chi connectivity index (χ1) is 7.09. The summed E-state index contributed by atoms with van der Waals surface area (Å²) in [5.74, 6) is 0. The first-order valence-corrected chi connectivity index (χ1v) is 5.40. The number of aliphatic hydroxyl groups excluding tert-OH is 1. The molecule has 0 aliphatic rings. The number of aliphatic hydroxyl groups is 1. The summed E-state index contributed by atoms with van der Waals surface area (Å²) in [4.78, 5) is 4.10. The maximum absolute atomic E-state index is 9.22. The molecule has 3 heteroatoms. The number of aromatic nitrogens is 1. The zero-order chi connectivity index (χ0) is 11.3. The Bertz CT molecular complexity index is 299. The number of pyridine rings is 1. The van der Waals surface area contributed by atoms with Gasteiger partial charge in [0, 0.05) is 25.0 Å². The Labute approximate surface area is 91.5 Å². The van der Waals surface area contributed by atoms with Crippen molar-refractivity contribution in [3.05, 3.63) is 29.6 Å². The highest BCUT2D eigenvalue weighted by Crippen LogP contribution is 2.05. The summed E-state index contributed by atoms with van der Waals surface area (Å²) in [5.41, 5.74) is 2.47. The third-order valence-electron chi connectivity index (χ3n) is 2.48. The Hall–Kier alpha value is -0.930. The third-order valence-corrected chi connectivity index (χ3v) is 2.48. The Kier molecular flexibility index (Phi) is 4.72. The molecule has 0 bridgehead atoms. The van der Waals surface area contributed by atoms with Crippen molar-refractivity contribution in [1.29, 1.82) is 0 Å². The first-order valence-electron chi connectivity index (χ1n) is 5.40. The predicted octanol–water partition coefficient (Wildman–Crippen LogP) is 1.64. The van der Waals surface area contributed by atoms with E-state index >= 15 is 0 Å². The Balaban J connectivity index is 2.40. The Morgan fingerprint density at radius 1 is 1.47 bits per heavy atom. The molecule has 2 N–H and O–H groups in total. The summed E-state index contributed by atoms with van der Waals surface area (Å²) in [5, 5.41) is 12.6. The summed E-state index contributed by atoms with van der Waals surface area (Å²) >= 11 is 0. The van der Waals surface area contributed by atoms with Gasteiger partial charge in [-0.1, -0.05) is 0 Å². The summed E-state index contributed by atoms with van der Waals surface area (Å²) in [6, 6.07) is 2.33. The number of rotatable bonds is 5. The minimum Gasteiger partial charge on any atom is -0.393 e. The van der Waals surface area contributed by atoms with Crippen LogP contribution in [0, 0.1) is 6.92 Å². The summed E-state index contributed by atoms with van der Waals surface area (Å²) in [6.07, 6.45) is 4.22. The van der Waals surface area contributed by atoms with Gasteiger partial charge in [-0.05, 0) is 44.4 Å². The fourth-order valence-electron chi connectivity index (χ4n) is 1.56. The van der Waals surface area contributed by atoms with Crippen LogP contribution in [0.3, 0.4) is 0 Å². The van der Waals surface area contributed by atoms with Crippen LogP contribution in [0.15, 0.2) is 18.5 Å². The van der Waals surface area contributed by atoms with Crippen molar-refractivity contribution in [2.75, 3.05) is 0 Å². The van der Waals surface area contributed by atoms with Gasteiger partial charge < -0.3 is 10.4 Å². The number of hydrogen-bond acceptors (Lipinski definition) is 3. The van der Waals surface area contributed by atoms with E-state index in [0.717, 1.165) is 13.0 Å². The highest BCUT2D eigenvalue weighted by Gasteiger charge is 2.06. The first kappa shape index (κ1) is 12.1. The van der Waals surface area contributed by atoms with Gasteiger partial charge in [0.1, 0.15) is 0 Å². The molecule has 0 amide bonds. The second-order valence-corrected chi connectivity index (χ2v) is 4.17. The maximum atomic E-state index is 9.22. The van der Waals surface area contributed by atoms with Crippen LogP contribution in [0.25, 0.3) is 0 Å². The number of hydrogen-bond donors (Lipinski definition) is 2. The normalized spacial score (nSPS) is 14.9. The van der Waals surface area contributed by atoms with E-state index < -0.39 is 0 Å². The molecule has 0 aliphatic heterocycles. The molecule has 0 saturated heterocycles. The average Bonchev–Trinajstić information content (AvgIpc) is 2.15. The minimum absolute atomic E-state index is 0.248. The Morgan fingerprint density at radius 3 is 2.80 bits per heavy atom. The van der Waals surface area contributed by atoms with Crippen LogP contribution in [0.2, 0.25) is 0 Å². The molecule has 1 aromatic heterocycles. The van der Waals surface area contributed by atoms with Crippen molar-refractivity contribution in [1.82, 2.24) is 10.3 Å². The molecule has 0 radical (unpaired) electrons. The molecule has 0 aromatic carbocycles. The van der Waals surface area contributed by atoms with Crippen molar-refractivity contribution in [3.63, 3.8) is 0 Å². The van der Waals surface area contributed by atoms with Gasteiger partial charge in [-0.2, -0.15) is 0 Å². The SMILES string of the molecule is Cc1ccncc1CNC(C)CC(C)O. The Morgan fingerprint density at radius 2 is 2.20 bits per heavy atom. The standard InChI is InChI=1S/C12H20N2O/c1-9-4-5-13-7-12(9)8-14-10(2)6-11(3)15/h4-5,7,10-11,14-15H,6,8H2,1-3H3. The van der Waals surface area contributed by atoms with E-state index in [2.05, 4.69) is 24.1 Å². The summed E-state index contributed by atoms with van der Waals surface area (Å²) in [7, 11) is 0. The summed E-state index contributed by atoms with van der Waals surface area (Å²) in [6.45, 7) is 6.79. The van der Waals surface area contributed by atoms with Gasteiger partial charge in [-0.15, -0.1) is 0 Å². The van der Waals surface area contributed by atoms with Crippen molar-refractivity contribution in [2.24, 2.45) is 0 Å². The molecule has 0 spiro atoms. The van der Waals surface area contributed by atoms with E-state index in [9.17, 15) is 5.11 Å². The van der Waals surface area contributed by atoms with E-state index in [1.807, 2.05) is 19.2 Å². The van der Waals surface area contributed by atoms with E-state index in [4.69, 9.17) is 0 Å². The van der Waals surface area contributed by atoms with Crippen LogP contribution in [0.1, 0.15) is 31.4 Å². The van der Waals surface area contributed by atoms with E-state index in [0.29, 0.717) is 6.04 Å². The largest absolute Gasteiger partial charge is 0.393 e. The summed E-state index contributed by atoms with van der Waals surface area (Å²) < 4.78 is 0. The number of nitrogens with one attached hydrogen (secondary N) is 1. The van der Waals surface area contributed by atoms with Crippen LogP contribution in [0.5, 0.6) is 0 Å². The minimum atomic E-state index is -0.248. The third kappa shape index (κ3) is 4.40. The van der Waals surface area contributed by atoms with Crippen LogP contribution in [0.4, 0.5) is 0 Å². The molecule has 0 fully saturated rings. The molecule has 0 saturated carbocycles. The quantitative estimate of drug-likeness (QED) is 0.773. The molecule has 1 aromatic rings. The highest BCUT2D eigenvalue weighted by atomic mass is 16.3. The molecule has 15 heavy (non-hydrogen) atoms. The van der Waals surface area contributed by atoms with Gasteiger partial charge >= 0.3 is 0 Å². The van der Waals surface area contributed by atoms with Crippen LogP contribution < -0.4 is 5.32 Å². The van der Waals surface area contributed by atoms with Gasteiger partial charge in [0.05, 0.1) is 6.10 Å². The molecule has 2 atom stereocenters. The van der Waals surface area contributed by atoms with Gasteiger partial charge in [-0.3, -0.25) is 4.98 Å². The predicted molar refractivity (Wildman–Crippen MR) is 61.6 cm³/mol. The zero-order valence-electron chi connectivity index (χ0n) is 9.70. The van der Waals surface area contributed by atoms with Gasteiger partial charge in [-0.25, -0.2) is 0 Å². The second kappa shape index (κ2) is 5.83. The van der Waals surface area contributed by atoms with Crippen molar-refractivity contribution in [2.45, 2.75) is 45.9 Å². The van der Waals surface area contributed by atoms with E-state index in [1.54, 1.807) is 6.20 Å². The second-order valence-electron chi connectivity index (χ2n) is 4.17. The van der Waals surface area contributed by atoms with Crippen LogP contribution in [-0.4, -0.2) is 22.2 Å². The molecular weight excluding hydrogens is 188 g/mol. The molecule has 84 valence electrons. The molecular formula is C12H20N2O. The number of nitrogens with zero attached hydrogens (tertiary/aromatic N) is 1. The fraction of sp³-hybridized carbons (Fsp3) is 0.583. The highest BCUT2D eigenvalue weighted by molar-refractivity contribution is 5.21. The van der Waals surface area contributed by atoms with Crippen molar-refractivity contribution < 1.29 is 5.11 Å². The zero-order valence-corrected chi connectivity index (χ0v) is 9.70. The van der Waals surface area contributed by atoms with Crippen LogP contribution >= 0.6 is 0 Å². The van der Waals surface area contributed by atoms with E-state index in [1.165, 1.54) is 11.1 Å². The molecule has 0 aliphatic carbocycles. The monoisotopic (exact) mass is 208 g/mol.